The molecule has 0 spiro atoms. The Balaban J connectivity index is 3.05. The predicted molar refractivity (Wildman–Crippen MR) is 109 cm³/mol. The molecule has 0 aromatic rings. The molecule has 0 atom stereocenters. The molecule has 3 nitrogen and oxygen atoms in total. The van der Waals surface area contributed by atoms with Crippen molar-refractivity contribution in [1.82, 2.24) is 0 Å². The molecule has 0 rings (SSSR count). The topological polar surface area (TPSA) is 52.3 Å². The molecule has 0 aromatic carbocycles. The van der Waals surface area contributed by atoms with Crippen LogP contribution in [0.5, 0.6) is 0 Å². The summed E-state index contributed by atoms with van der Waals surface area (Å²) in [5.41, 5.74) is 5.98. The Morgan fingerprint density at radius 2 is 1.00 bits per heavy atom. The number of hydrogen-bond donors (Lipinski definition) is 1. The molecule has 2 N–H and O–H groups in total. The number of hydrogen-bond acceptors (Lipinski definition) is 3. The number of rotatable bonds is 19. The first-order valence-corrected chi connectivity index (χ1v) is 10.7. The van der Waals surface area contributed by atoms with E-state index in [0.29, 0.717) is 12.2 Å². The molecule has 0 saturated carbocycles. The van der Waals surface area contributed by atoms with Crippen LogP contribution in [-0.2, 0) is 9.53 Å². The Bertz CT molecular complexity index is 315. The summed E-state index contributed by atoms with van der Waals surface area (Å²) in [4.78, 5) is 11.2. The van der Waals surface area contributed by atoms with Gasteiger partial charge in [-0.3, -0.25) is 0 Å². The second-order valence-corrected chi connectivity index (χ2v) is 7.36. The van der Waals surface area contributed by atoms with Gasteiger partial charge in [-0.05, 0) is 26.3 Å². The number of nitrogens with two attached hydrogens (primary N) is 1. The lowest BCUT2D eigenvalue weighted by Crippen LogP contribution is -2.05. The zero-order valence-electron chi connectivity index (χ0n) is 16.8. The van der Waals surface area contributed by atoms with Crippen molar-refractivity contribution in [2.45, 2.75) is 110 Å². The standard InChI is InChI=1S/C22H43NO2/c1-21(2)22(24)25-20-18-16-14-12-10-8-6-4-3-5-7-9-11-13-15-17-19-23/h1,3-20,23H2,2H3. The van der Waals surface area contributed by atoms with Crippen LogP contribution in [0, 0.1) is 0 Å². The van der Waals surface area contributed by atoms with E-state index in [0.717, 1.165) is 19.4 Å². The average Bonchev–Trinajstić information content (AvgIpc) is 2.60. The summed E-state index contributed by atoms with van der Waals surface area (Å²) in [5, 5.41) is 0. The summed E-state index contributed by atoms with van der Waals surface area (Å²) < 4.78 is 5.08. The number of carbonyl (C=O) groups is 1. The molecule has 0 aliphatic carbocycles. The van der Waals surface area contributed by atoms with E-state index in [1.807, 2.05) is 0 Å². The highest BCUT2D eigenvalue weighted by Crippen LogP contribution is 2.13. The summed E-state index contributed by atoms with van der Waals surface area (Å²) in [7, 11) is 0. The SMILES string of the molecule is C=C(C)C(=O)OCCCCCCCCCCCCCCCCCCN. The summed E-state index contributed by atoms with van der Waals surface area (Å²) >= 11 is 0. The van der Waals surface area contributed by atoms with Crippen LogP contribution in [0.2, 0.25) is 0 Å². The molecule has 0 radical (unpaired) electrons. The molecular formula is C22H43NO2. The summed E-state index contributed by atoms with van der Waals surface area (Å²) in [6.07, 6.45) is 21.2. The molecule has 25 heavy (non-hydrogen) atoms. The molecule has 0 heterocycles. The van der Waals surface area contributed by atoms with Crippen molar-refractivity contribution in [2.24, 2.45) is 5.73 Å². The zero-order valence-corrected chi connectivity index (χ0v) is 16.8. The first-order chi connectivity index (χ1) is 12.2. The third kappa shape index (κ3) is 19.3. The molecule has 0 fully saturated rings. The maximum Gasteiger partial charge on any atom is 0.333 e. The van der Waals surface area contributed by atoms with Crippen LogP contribution in [-0.4, -0.2) is 19.1 Å². The quantitative estimate of drug-likeness (QED) is 0.168. The first kappa shape index (κ1) is 24.2. The van der Waals surface area contributed by atoms with E-state index in [4.69, 9.17) is 10.5 Å². The van der Waals surface area contributed by atoms with Crippen molar-refractivity contribution in [1.29, 1.82) is 0 Å². The molecular weight excluding hydrogens is 310 g/mol. The van der Waals surface area contributed by atoms with E-state index in [1.165, 1.54) is 89.9 Å². The number of ether oxygens (including phenoxy) is 1. The Kier molecular flexibility index (Phi) is 18.8. The Morgan fingerprint density at radius 3 is 1.32 bits per heavy atom. The van der Waals surface area contributed by atoms with Crippen LogP contribution in [0.15, 0.2) is 12.2 Å². The fraction of sp³-hybridized carbons (Fsp3) is 0.864. The van der Waals surface area contributed by atoms with Crippen molar-refractivity contribution >= 4 is 5.97 Å². The maximum atomic E-state index is 11.2. The summed E-state index contributed by atoms with van der Waals surface area (Å²) in [5.74, 6) is -0.258. The minimum absolute atomic E-state index is 0.258. The lowest BCUT2D eigenvalue weighted by atomic mass is 10.0. The highest BCUT2D eigenvalue weighted by atomic mass is 16.5. The molecule has 0 amide bonds. The maximum absolute atomic E-state index is 11.2. The van der Waals surface area contributed by atoms with E-state index in [-0.39, 0.29) is 5.97 Å². The van der Waals surface area contributed by atoms with Gasteiger partial charge in [0, 0.05) is 5.57 Å². The Labute approximate surface area is 156 Å². The van der Waals surface area contributed by atoms with Gasteiger partial charge < -0.3 is 10.5 Å². The molecule has 0 bridgehead atoms. The molecule has 0 aliphatic heterocycles. The van der Waals surface area contributed by atoms with Gasteiger partial charge in [0.15, 0.2) is 0 Å². The number of esters is 1. The van der Waals surface area contributed by atoms with Gasteiger partial charge in [-0.1, -0.05) is 96.5 Å². The van der Waals surface area contributed by atoms with Crippen LogP contribution in [0.4, 0.5) is 0 Å². The predicted octanol–water partition coefficient (Wildman–Crippen LogP) is 6.31. The van der Waals surface area contributed by atoms with Gasteiger partial charge in [0.2, 0.25) is 0 Å². The van der Waals surface area contributed by atoms with E-state index in [1.54, 1.807) is 6.92 Å². The normalized spacial score (nSPS) is 10.8. The number of unbranched alkanes of at least 4 members (excludes halogenated alkanes) is 15. The van der Waals surface area contributed by atoms with Gasteiger partial charge in [-0.25, -0.2) is 4.79 Å². The molecule has 148 valence electrons. The van der Waals surface area contributed by atoms with E-state index >= 15 is 0 Å². The van der Waals surface area contributed by atoms with E-state index < -0.39 is 0 Å². The molecule has 0 unspecified atom stereocenters. The second kappa shape index (κ2) is 19.5. The van der Waals surface area contributed by atoms with E-state index in [2.05, 4.69) is 6.58 Å². The van der Waals surface area contributed by atoms with Crippen molar-refractivity contribution in [3.63, 3.8) is 0 Å². The summed E-state index contributed by atoms with van der Waals surface area (Å²) in [6.45, 7) is 6.65. The molecule has 0 aromatic heterocycles. The van der Waals surface area contributed by atoms with Gasteiger partial charge in [-0.15, -0.1) is 0 Å². The third-order valence-corrected chi connectivity index (χ3v) is 4.68. The lowest BCUT2D eigenvalue weighted by molar-refractivity contribution is -0.139. The average molecular weight is 354 g/mol. The van der Waals surface area contributed by atoms with Crippen molar-refractivity contribution < 1.29 is 9.53 Å². The molecule has 0 aliphatic rings. The number of carbonyl (C=O) groups excluding carboxylic acids is 1. The lowest BCUT2D eigenvalue weighted by Gasteiger charge is -2.05. The minimum atomic E-state index is -0.258. The minimum Gasteiger partial charge on any atom is -0.462 e. The highest BCUT2D eigenvalue weighted by molar-refractivity contribution is 5.86. The van der Waals surface area contributed by atoms with E-state index in [9.17, 15) is 4.79 Å². The first-order valence-electron chi connectivity index (χ1n) is 10.7. The fourth-order valence-electron chi connectivity index (χ4n) is 3.01. The van der Waals surface area contributed by atoms with Crippen molar-refractivity contribution in [3.8, 4) is 0 Å². The van der Waals surface area contributed by atoms with Crippen molar-refractivity contribution in [3.05, 3.63) is 12.2 Å². The highest BCUT2D eigenvalue weighted by Gasteiger charge is 2.01. The molecule has 0 saturated heterocycles. The summed E-state index contributed by atoms with van der Waals surface area (Å²) in [6, 6.07) is 0. The smallest absolute Gasteiger partial charge is 0.333 e. The van der Waals surface area contributed by atoms with Crippen LogP contribution < -0.4 is 5.73 Å². The van der Waals surface area contributed by atoms with Crippen molar-refractivity contribution in [2.75, 3.05) is 13.2 Å². The van der Waals surface area contributed by atoms with Crippen LogP contribution in [0.3, 0.4) is 0 Å². The van der Waals surface area contributed by atoms with Gasteiger partial charge in [0.1, 0.15) is 0 Å². The van der Waals surface area contributed by atoms with Gasteiger partial charge in [0.05, 0.1) is 6.61 Å². The second-order valence-electron chi connectivity index (χ2n) is 7.36. The van der Waals surface area contributed by atoms with Gasteiger partial charge in [-0.2, -0.15) is 0 Å². The Hall–Kier alpha value is -0.830. The zero-order chi connectivity index (χ0) is 18.6. The largest absolute Gasteiger partial charge is 0.462 e. The van der Waals surface area contributed by atoms with Gasteiger partial charge in [0.25, 0.3) is 0 Å². The third-order valence-electron chi connectivity index (χ3n) is 4.68. The van der Waals surface area contributed by atoms with Crippen LogP contribution >= 0.6 is 0 Å². The van der Waals surface area contributed by atoms with Crippen LogP contribution in [0.1, 0.15) is 110 Å². The fourth-order valence-corrected chi connectivity index (χ4v) is 3.01. The monoisotopic (exact) mass is 353 g/mol. The van der Waals surface area contributed by atoms with Crippen LogP contribution in [0.25, 0.3) is 0 Å². The molecule has 3 heteroatoms. The van der Waals surface area contributed by atoms with Gasteiger partial charge >= 0.3 is 5.97 Å². The Morgan fingerprint density at radius 1 is 0.680 bits per heavy atom.